The molecule has 0 amide bonds. The first kappa shape index (κ1) is 15.1. The van der Waals surface area contributed by atoms with Gasteiger partial charge in [0.1, 0.15) is 0 Å². The summed E-state index contributed by atoms with van der Waals surface area (Å²) in [5.41, 5.74) is 0. The Labute approximate surface area is 96.1 Å². The Morgan fingerprint density at radius 2 is 1.40 bits per heavy atom. The average molecular weight is 232 g/mol. The Bertz CT molecular complexity index is 144. The number of nitrogens with one attached hydrogen (secondary N) is 3. The molecule has 0 saturated heterocycles. The highest BCUT2D eigenvalue weighted by atomic mass is 28.4. The lowest BCUT2D eigenvalue weighted by molar-refractivity contribution is 0.385. The molecule has 0 rings (SSSR count). The Hall–Kier alpha value is 0.0569. The van der Waals surface area contributed by atoms with E-state index in [2.05, 4.69) is 40.3 Å². The van der Waals surface area contributed by atoms with Crippen molar-refractivity contribution in [3.8, 4) is 0 Å². The van der Waals surface area contributed by atoms with Gasteiger partial charge >= 0.3 is 8.72 Å². The molecule has 0 spiro atoms. The van der Waals surface area contributed by atoms with Crippen molar-refractivity contribution < 1.29 is 0 Å². The van der Waals surface area contributed by atoms with Crippen LogP contribution in [0.1, 0.15) is 33.6 Å². The summed E-state index contributed by atoms with van der Waals surface area (Å²) in [6, 6.07) is 0. The van der Waals surface area contributed by atoms with Crippen molar-refractivity contribution in [2.75, 3.05) is 33.7 Å². The molecule has 5 heteroatoms. The molecule has 0 aliphatic rings. The van der Waals surface area contributed by atoms with Crippen LogP contribution in [0.4, 0.5) is 0 Å². The molecule has 0 aliphatic carbocycles. The van der Waals surface area contributed by atoms with Gasteiger partial charge in [0.2, 0.25) is 0 Å². The van der Waals surface area contributed by atoms with Gasteiger partial charge in [-0.05, 0) is 46.6 Å². The van der Waals surface area contributed by atoms with E-state index >= 15 is 0 Å². The van der Waals surface area contributed by atoms with E-state index in [1.54, 1.807) is 0 Å². The van der Waals surface area contributed by atoms with Crippen LogP contribution in [0.5, 0.6) is 0 Å². The van der Waals surface area contributed by atoms with E-state index in [4.69, 9.17) is 0 Å². The zero-order valence-corrected chi connectivity index (χ0v) is 12.0. The minimum absolute atomic E-state index is 0.998. The van der Waals surface area contributed by atoms with Crippen molar-refractivity contribution in [2.24, 2.45) is 0 Å². The highest BCUT2D eigenvalue weighted by Gasteiger charge is 2.37. The zero-order chi connectivity index (χ0) is 11.7. The van der Waals surface area contributed by atoms with Crippen molar-refractivity contribution >= 4 is 8.72 Å². The maximum Gasteiger partial charge on any atom is 0.368 e. The highest BCUT2D eigenvalue weighted by Crippen LogP contribution is 2.02. The minimum Gasteiger partial charge on any atom is -0.303 e. The summed E-state index contributed by atoms with van der Waals surface area (Å²) in [5.74, 6) is 0. The quantitative estimate of drug-likeness (QED) is 0.509. The number of nitrogens with zero attached hydrogens (tertiary/aromatic N) is 1. The smallest absolute Gasteiger partial charge is 0.303 e. The first-order chi connectivity index (χ1) is 7.20. The topological polar surface area (TPSA) is 39.3 Å². The lowest BCUT2D eigenvalue weighted by Gasteiger charge is -2.40. The minimum atomic E-state index is -1.83. The van der Waals surface area contributed by atoms with E-state index in [9.17, 15) is 0 Å². The number of hydrogen-bond acceptors (Lipinski definition) is 4. The average Bonchev–Trinajstić information content (AvgIpc) is 2.26. The van der Waals surface area contributed by atoms with Gasteiger partial charge in [-0.3, -0.25) is 4.57 Å². The van der Waals surface area contributed by atoms with Crippen molar-refractivity contribution in [2.45, 2.75) is 33.6 Å². The van der Waals surface area contributed by atoms with Gasteiger partial charge in [-0.1, -0.05) is 20.8 Å². The normalized spacial score (nSPS) is 12.4. The van der Waals surface area contributed by atoms with E-state index < -0.39 is 8.72 Å². The largest absolute Gasteiger partial charge is 0.368 e. The third-order valence-electron chi connectivity index (χ3n) is 2.62. The molecule has 0 saturated carbocycles. The molecule has 0 atom stereocenters. The molecule has 0 unspecified atom stereocenters. The molecule has 0 aliphatic heterocycles. The van der Waals surface area contributed by atoms with E-state index in [0.717, 1.165) is 19.6 Å². The van der Waals surface area contributed by atoms with Crippen molar-refractivity contribution in [1.82, 2.24) is 19.5 Å². The van der Waals surface area contributed by atoms with Gasteiger partial charge in [0.15, 0.2) is 0 Å². The van der Waals surface area contributed by atoms with Crippen LogP contribution in [0.25, 0.3) is 0 Å². The van der Waals surface area contributed by atoms with E-state index in [-0.39, 0.29) is 0 Å². The first-order valence-electron chi connectivity index (χ1n) is 6.08. The van der Waals surface area contributed by atoms with E-state index in [0.29, 0.717) is 0 Å². The second-order valence-electron chi connectivity index (χ2n) is 3.73. The first-order valence-corrected chi connectivity index (χ1v) is 8.03. The second-order valence-corrected chi connectivity index (χ2v) is 7.13. The standard InChI is InChI=1S/C10H28N4Si/c1-6-9-14(10-7-2)15(11-4,12-5)13-8-3/h11-13H,6-10H2,1-5H3. The second kappa shape index (κ2) is 8.24. The molecule has 4 nitrogen and oxygen atoms in total. The molecule has 15 heavy (non-hydrogen) atoms. The van der Waals surface area contributed by atoms with Crippen LogP contribution >= 0.6 is 0 Å². The van der Waals surface area contributed by atoms with Crippen LogP contribution in [0, 0.1) is 0 Å². The Morgan fingerprint density at radius 3 is 1.67 bits per heavy atom. The van der Waals surface area contributed by atoms with Gasteiger partial charge in [0.25, 0.3) is 0 Å². The summed E-state index contributed by atoms with van der Waals surface area (Å²) in [6.45, 7) is 9.92. The summed E-state index contributed by atoms with van der Waals surface area (Å²) < 4.78 is 2.55. The summed E-state index contributed by atoms with van der Waals surface area (Å²) >= 11 is 0. The summed E-state index contributed by atoms with van der Waals surface area (Å²) in [5, 5.41) is 0. The van der Waals surface area contributed by atoms with Gasteiger partial charge < -0.3 is 14.9 Å². The molecule has 3 N–H and O–H groups in total. The lowest BCUT2D eigenvalue weighted by atomic mass is 10.4. The van der Waals surface area contributed by atoms with Crippen LogP contribution in [0.15, 0.2) is 0 Å². The maximum atomic E-state index is 3.61. The molecule has 0 bridgehead atoms. The van der Waals surface area contributed by atoms with E-state index in [1.807, 2.05) is 14.1 Å². The van der Waals surface area contributed by atoms with Gasteiger partial charge in [-0.25, -0.2) is 0 Å². The molecule has 92 valence electrons. The highest BCUT2D eigenvalue weighted by molar-refractivity contribution is 6.69. The fraction of sp³-hybridized carbons (Fsp3) is 1.00. The van der Waals surface area contributed by atoms with Gasteiger partial charge in [-0.2, -0.15) is 0 Å². The van der Waals surface area contributed by atoms with Crippen molar-refractivity contribution in [3.05, 3.63) is 0 Å². The third-order valence-corrected chi connectivity index (χ3v) is 6.33. The van der Waals surface area contributed by atoms with Crippen molar-refractivity contribution in [3.63, 3.8) is 0 Å². The predicted octanol–water partition coefficient (Wildman–Crippen LogP) is 0.592. The molecule has 0 aromatic heterocycles. The number of hydrogen-bond donors (Lipinski definition) is 3. The Morgan fingerprint density at radius 1 is 0.933 bits per heavy atom. The fourth-order valence-electron chi connectivity index (χ4n) is 1.97. The van der Waals surface area contributed by atoms with Crippen LogP contribution in [-0.4, -0.2) is 47.0 Å². The van der Waals surface area contributed by atoms with Crippen LogP contribution < -0.4 is 14.9 Å². The Kier molecular flexibility index (Phi) is 8.27. The summed E-state index contributed by atoms with van der Waals surface area (Å²) in [4.78, 5) is 10.6. The molecular weight excluding hydrogens is 204 g/mol. The molecule has 0 fully saturated rings. The molecule has 0 aromatic rings. The van der Waals surface area contributed by atoms with Gasteiger partial charge in [0.05, 0.1) is 0 Å². The number of rotatable bonds is 9. The fourth-order valence-corrected chi connectivity index (χ4v) is 5.06. The van der Waals surface area contributed by atoms with Crippen LogP contribution in [-0.2, 0) is 0 Å². The van der Waals surface area contributed by atoms with Crippen molar-refractivity contribution in [1.29, 1.82) is 0 Å². The zero-order valence-electron chi connectivity index (χ0n) is 11.0. The molecule has 0 radical (unpaired) electrons. The van der Waals surface area contributed by atoms with Crippen LogP contribution in [0.2, 0.25) is 0 Å². The molecular formula is C10H28N4Si. The van der Waals surface area contributed by atoms with E-state index in [1.165, 1.54) is 12.8 Å². The van der Waals surface area contributed by atoms with Gasteiger partial charge in [-0.15, -0.1) is 0 Å². The van der Waals surface area contributed by atoms with Gasteiger partial charge in [0, 0.05) is 0 Å². The summed E-state index contributed by atoms with van der Waals surface area (Å²) in [7, 11) is 2.26. The van der Waals surface area contributed by atoms with Crippen LogP contribution in [0.3, 0.4) is 0 Å². The maximum absolute atomic E-state index is 3.61. The lowest BCUT2D eigenvalue weighted by Crippen LogP contribution is -2.80. The molecule has 0 aromatic carbocycles. The molecule has 0 heterocycles. The predicted molar refractivity (Wildman–Crippen MR) is 69.7 cm³/mol. The third kappa shape index (κ3) is 4.20. The monoisotopic (exact) mass is 232 g/mol. The summed E-state index contributed by atoms with van der Waals surface area (Å²) in [6.07, 6.45) is 2.40. The SMILES string of the molecule is CCCN(CCC)[Si](NC)(NC)NCC. The Balaban J connectivity index is 4.62.